The fourth-order valence-corrected chi connectivity index (χ4v) is 5.30. The van der Waals surface area contributed by atoms with Gasteiger partial charge in [-0.2, -0.15) is 0 Å². The number of ketones is 1. The van der Waals surface area contributed by atoms with E-state index in [1.54, 1.807) is 35.6 Å². The van der Waals surface area contributed by atoms with Gasteiger partial charge in [-0.1, -0.05) is 0 Å². The van der Waals surface area contributed by atoms with Gasteiger partial charge in [-0.05, 0) is 62.9 Å². The molecular formula is C22H27ClFNO4S. The fourth-order valence-electron chi connectivity index (χ4n) is 4.25. The summed E-state index contributed by atoms with van der Waals surface area (Å²) in [6.07, 6.45) is 2.37. The first kappa shape index (κ1) is 23.0. The minimum atomic E-state index is -0.869. The molecule has 164 valence electrons. The summed E-state index contributed by atoms with van der Waals surface area (Å²) in [6.45, 7) is 1.75. The molecule has 0 amide bonds. The van der Waals surface area contributed by atoms with E-state index in [2.05, 4.69) is 5.32 Å². The molecule has 0 radical (unpaired) electrons. The van der Waals surface area contributed by atoms with Gasteiger partial charge in [0.1, 0.15) is 23.7 Å². The zero-order valence-electron chi connectivity index (χ0n) is 16.8. The smallest absolute Gasteiger partial charge is 0.228 e. The number of hydrogen-bond donors (Lipinski definition) is 2. The van der Waals surface area contributed by atoms with Crippen LogP contribution < -0.4 is 14.8 Å². The Morgan fingerprint density at radius 1 is 1.20 bits per heavy atom. The highest BCUT2D eigenvalue weighted by Gasteiger charge is 2.37. The molecular weight excluding hydrogens is 429 g/mol. The zero-order valence-corrected chi connectivity index (χ0v) is 18.4. The van der Waals surface area contributed by atoms with Crippen LogP contribution in [-0.2, 0) is 6.42 Å². The van der Waals surface area contributed by atoms with Crippen LogP contribution in [0.2, 0.25) is 0 Å². The minimum Gasteiger partial charge on any atom is -0.488 e. The number of alkyl halides is 1. The van der Waals surface area contributed by atoms with Gasteiger partial charge in [0.05, 0.1) is 0 Å². The maximum Gasteiger partial charge on any atom is 0.228 e. The predicted molar refractivity (Wildman–Crippen MR) is 117 cm³/mol. The summed E-state index contributed by atoms with van der Waals surface area (Å²) < 4.78 is 22.9. The molecule has 4 atom stereocenters. The number of aliphatic hydroxyl groups is 1. The molecule has 30 heavy (non-hydrogen) atoms. The molecule has 2 aromatic rings. The molecule has 5 nitrogen and oxygen atoms in total. The Bertz CT molecular complexity index is 859. The van der Waals surface area contributed by atoms with E-state index in [1.165, 1.54) is 9.75 Å². The number of fused-ring (bicyclic) bond motifs is 1. The number of rotatable bonds is 7. The monoisotopic (exact) mass is 455 g/mol. The summed E-state index contributed by atoms with van der Waals surface area (Å²) in [5, 5.41) is 14.1. The third-order valence-corrected chi connectivity index (χ3v) is 6.91. The first-order valence-electron chi connectivity index (χ1n) is 10.1. The average molecular weight is 456 g/mol. The standard InChI is InChI=1S/C22H26FNO4S.ClH/c1-13-10-17-20(29-13)9-2-14(21(17)25)11-24-18-7-8-19(22(18)26)28-16-5-3-15(4-6-16)27-12-23;/h3-6,10,14,18-19,22,24,26H,2,7-9,11-12H2,1H3;1H. The lowest BCUT2D eigenvalue weighted by Crippen LogP contribution is -2.44. The highest BCUT2D eigenvalue weighted by atomic mass is 35.5. The van der Waals surface area contributed by atoms with Gasteiger partial charge in [0, 0.05) is 33.8 Å². The second kappa shape index (κ2) is 10.1. The summed E-state index contributed by atoms with van der Waals surface area (Å²) in [7, 11) is 0. The van der Waals surface area contributed by atoms with Crippen LogP contribution in [0.3, 0.4) is 0 Å². The number of thiophene rings is 1. The van der Waals surface area contributed by atoms with Crippen molar-refractivity contribution in [2.24, 2.45) is 5.92 Å². The number of halogens is 2. The number of Topliss-reactive ketones (excluding diaryl/α,β-unsaturated/α-hetero) is 1. The van der Waals surface area contributed by atoms with Gasteiger partial charge in [-0.25, -0.2) is 4.39 Å². The SMILES string of the molecule is Cc1cc2c(s1)CCC(CNC1CCC(Oc3ccc(OCF)cc3)C1O)C2=O.Cl. The lowest BCUT2D eigenvalue weighted by atomic mass is 9.87. The van der Waals surface area contributed by atoms with Crippen molar-refractivity contribution in [1.82, 2.24) is 5.32 Å². The Morgan fingerprint density at radius 3 is 2.67 bits per heavy atom. The van der Waals surface area contributed by atoms with E-state index in [-0.39, 0.29) is 36.3 Å². The van der Waals surface area contributed by atoms with Gasteiger partial charge < -0.3 is 19.9 Å². The molecule has 1 heterocycles. The number of benzene rings is 1. The molecule has 8 heteroatoms. The van der Waals surface area contributed by atoms with Gasteiger partial charge in [-0.15, -0.1) is 23.7 Å². The first-order chi connectivity index (χ1) is 14.0. The van der Waals surface area contributed by atoms with E-state index >= 15 is 0 Å². The first-order valence-corrected chi connectivity index (χ1v) is 10.9. The van der Waals surface area contributed by atoms with Crippen LogP contribution in [-0.4, -0.2) is 42.5 Å². The van der Waals surface area contributed by atoms with Crippen molar-refractivity contribution in [3.63, 3.8) is 0 Å². The predicted octanol–water partition coefficient (Wildman–Crippen LogP) is 4.09. The van der Waals surface area contributed by atoms with Gasteiger partial charge >= 0.3 is 0 Å². The van der Waals surface area contributed by atoms with Gasteiger partial charge in [0.2, 0.25) is 6.86 Å². The Labute approximate surface area is 186 Å². The molecule has 0 spiro atoms. The number of aliphatic hydroxyl groups excluding tert-OH is 1. The van der Waals surface area contributed by atoms with Crippen molar-refractivity contribution in [1.29, 1.82) is 0 Å². The molecule has 4 rings (SSSR count). The second-order valence-corrected chi connectivity index (χ2v) is 9.10. The van der Waals surface area contributed by atoms with Gasteiger partial charge in [0.25, 0.3) is 0 Å². The van der Waals surface area contributed by atoms with E-state index in [0.29, 0.717) is 18.0 Å². The molecule has 4 unspecified atom stereocenters. The molecule has 1 saturated carbocycles. The second-order valence-electron chi connectivity index (χ2n) is 7.76. The Hall–Kier alpha value is -1.67. The van der Waals surface area contributed by atoms with Crippen LogP contribution in [0, 0.1) is 12.8 Å². The molecule has 1 aromatic heterocycles. The quantitative estimate of drug-likeness (QED) is 0.658. The highest BCUT2D eigenvalue weighted by molar-refractivity contribution is 7.12. The van der Waals surface area contributed by atoms with E-state index in [4.69, 9.17) is 9.47 Å². The van der Waals surface area contributed by atoms with Crippen molar-refractivity contribution >= 4 is 29.5 Å². The topological polar surface area (TPSA) is 67.8 Å². The van der Waals surface area contributed by atoms with Crippen LogP contribution in [0.5, 0.6) is 11.5 Å². The van der Waals surface area contributed by atoms with E-state index < -0.39 is 13.0 Å². The Morgan fingerprint density at radius 2 is 1.93 bits per heavy atom. The molecule has 0 saturated heterocycles. The Kier molecular flexibility index (Phi) is 7.74. The van der Waals surface area contributed by atoms with E-state index in [0.717, 1.165) is 31.2 Å². The molecule has 1 aromatic carbocycles. The Balaban J connectivity index is 0.00000256. The lowest BCUT2D eigenvalue weighted by Gasteiger charge is -2.25. The molecule has 2 aliphatic rings. The number of carbonyl (C=O) groups excluding carboxylic acids is 1. The van der Waals surface area contributed by atoms with Crippen molar-refractivity contribution in [3.05, 3.63) is 45.6 Å². The van der Waals surface area contributed by atoms with Crippen LogP contribution in [0.4, 0.5) is 4.39 Å². The summed E-state index contributed by atoms with van der Waals surface area (Å²) in [5.74, 6) is 1.24. The third kappa shape index (κ3) is 4.97. The molecule has 2 aliphatic carbocycles. The molecule has 1 fully saturated rings. The summed E-state index contributed by atoms with van der Waals surface area (Å²) in [5.41, 5.74) is 0.888. The molecule has 0 bridgehead atoms. The lowest BCUT2D eigenvalue weighted by molar-refractivity contribution is 0.0441. The zero-order chi connectivity index (χ0) is 20.4. The van der Waals surface area contributed by atoms with Gasteiger partial charge in [-0.3, -0.25) is 4.79 Å². The van der Waals surface area contributed by atoms with Crippen molar-refractivity contribution in [2.75, 3.05) is 13.4 Å². The van der Waals surface area contributed by atoms with Crippen LogP contribution in [0.1, 0.15) is 39.4 Å². The van der Waals surface area contributed by atoms with Crippen molar-refractivity contribution in [2.45, 2.75) is 50.9 Å². The molecule has 2 N–H and O–H groups in total. The highest BCUT2D eigenvalue weighted by Crippen LogP contribution is 2.32. The van der Waals surface area contributed by atoms with E-state index in [9.17, 15) is 14.3 Å². The van der Waals surface area contributed by atoms with E-state index in [1.807, 2.05) is 13.0 Å². The van der Waals surface area contributed by atoms with Crippen LogP contribution >= 0.6 is 23.7 Å². The van der Waals surface area contributed by atoms with Crippen molar-refractivity contribution < 1.29 is 23.8 Å². The number of hydrogen-bond acceptors (Lipinski definition) is 6. The summed E-state index contributed by atoms with van der Waals surface area (Å²) in [6, 6.07) is 8.61. The summed E-state index contributed by atoms with van der Waals surface area (Å²) in [4.78, 5) is 15.1. The largest absolute Gasteiger partial charge is 0.488 e. The van der Waals surface area contributed by atoms with Crippen molar-refractivity contribution in [3.8, 4) is 11.5 Å². The van der Waals surface area contributed by atoms with Gasteiger partial charge in [0.15, 0.2) is 5.78 Å². The maximum absolute atomic E-state index is 12.7. The molecule has 0 aliphatic heterocycles. The van der Waals surface area contributed by atoms with Crippen LogP contribution in [0.15, 0.2) is 30.3 Å². The number of carbonyl (C=O) groups is 1. The fraction of sp³-hybridized carbons (Fsp3) is 0.500. The minimum absolute atomic E-state index is 0. The normalized spacial score (nSPS) is 25.5. The number of aryl methyl sites for hydroxylation is 2. The maximum atomic E-state index is 12.7. The third-order valence-electron chi connectivity index (χ3n) is 5.80. The van der Waals surface area contributed by atoms with Crippen LogP contribution in [0.25, 0.3) is 0 Å². The number of ether oxygens (including phenoxy) is 2. The average Bonchev–Trinajstić information content (AvgIpc) is 3.26. The summed E-state index contributed by atoms with van der Waals surface area (Å²) >= 11 is 1.72. The number of nitrogens with one attached hydrogen (secondary N) is 1.